The lowest BCUT2D eigenvalue weighted by molar-refractivity contribution is 1.08. The van der Waals surface area contributed by atoms with Gasteiger partial charge in [-0.2, -0.15) is 0 Å². The number of aromatic nitrogens is 2. The average Bonchev–Trinajstić information content (AvgIpc) is 2.26. The number of H-pyrrole nitrogens is 1. The summed E-state index contributed by atoms with van der Waals surface area (Å²) in [5.41, 5.74) is 1.38. The molecule has 1 heterocycles. The van der Waals surface area contributed by atoms with E-state index in [0.29, 0.717) is 11.4 Å². The summed E-state index contributed by atoms with van der Waals surface area (Å²) >= 11 is 0. The molecule has 76 valence electrons. The summed E-state index contributed by atoms with van der Waals surface area (Å²) in [6.45, 7) is 1.73. The first-order chi connectivity index (χ1) is 7.27. The van der Waals surface area contributed by atoms with Crippen LogP contribution >= 0.6 is 0 Å². The summed E-state index contributed by atoms with van der Waals surface area (Å²) in [5, 5.41) is 3.08. The maximum Gasteiger partial charge on any atom is 0.255 e. The van der Waals surface area contributed by atoms with Crippen molar-refractivity contribution in [3.8, 4) is 0 Å². The van der Waals surface area contributed by atoms with Gasteiger partial charge in [0.2, 0.25) is 0 Å². The lowest BCUT2D eigenvalue weighted by Gasteiger charge is -2.06. The molecule has 0 saturated carbocycles. The Bertz CT molecular complexity index is 505. The molecule has 0 atom stereocenters. The number of hydrogen-bond donors (Lipinski definition) is 2. The van der Waals surface area contributed by atoms with Gasteiger partial charge < -0.3 is 10.3 Å². The summed E-state index contributed by atoms with van der Waals surface area (Å²) in [6, 6.07) is 9.61. The van der Waals surface area contributed by atoms with Gasteiger partial charge in [0.05, 0.1) is 11.9 Å². The van der Waals surface area contributed by atoms with E-state index in [4.69, 9.17) is 0 Å². The first-order valence-corrected chi connectivity index (χ1v) is 4.64. The Morgan fingerprint density at radius 1 is 1.27 bits per heavy atom. The fourth-order valence-corrected chi connectivity index (χ4v) is 1.25. The Hall–Kier alpha value is -2.10. The second kappa shape index (κ2) is 3.96. The van der Waals surface area contributed by atoms with Gasteiger partial charge in [0.25, 0.3) is 5.56 Å². The fourth-order valence-electron chi connectivity index (χ4n) is 1.25. The number of nitrogens with one attached hydrogen (secondary N) is 2. The summed E-state index contributed by atoms with van der Waals surface area (Å²) < 4.78 is 0. The van der Waals surface area contributed by atoms with E-state index in [-0.39, 0.29) is 5.56 Å². The minimum Gasteiger partial charge on any atom is -0.340 e. The molecule has 2 N–H and O–H groups in total. The number of aromatic amines is 1. The molecular weight excluding hydrogens is 190 g/mol. The Labute approximate surface area is 87.0 Å². The van der Waals surface area contributed by atoms with Crippen LogP contribution in [-0.4, -0.2) is 9.97 Å². The van der Waals surface area contributed by atoms with Crippen molar-refractivity contribution in [2.75, 3.05) is 5.32 Å². The molecule has 2 aromatic rings. The summed E-state index contributed by atoms with van der Waals surface area (Å²) in [6.07, 6.45) is 1.39. The monoisotopic (exact) mass is 201 g/mol. The van der Waals surface area contributed by atoms with Gasteiger partial charge in [-0.25, -0.2) is 4.98 Å². The molecular formula is C11H11N3O. The minimum absolute atomic E-state index is 0.122. The van der Waals surface area contributed by atoms with Crippen LogP contribution in [0.15, 0.2) is 41.5 Å². The fraction of sp³-hybridized carbons (Fsp3) is 0.0909. The van der Waals surface area contributed by atoms with E-state index in [1.807, 2.05) is 30.3 Å². The molecule has 0 bridgehead atoms. The van der Waals surface area contributed by atoms with Crippen LogP contribution in [0.4, 0.5) is 11.5 Å². The first-order valence-electron chi connectivity index (χ1n) is 4.64. The highest BCUT2D eigenvalue weighted by Crippen LogP contribution is 2.13. The molecule has 0 amide bonds. The van der Waals surface area contributed by atoms with Crippen molar-refractivity contribution in [2.45, 2.75) is 6.92 Å². The lowest BCUT2D eigenvalue weighted by Crippen LogP contribution is -2.12. The zero-order valence-corrected chi connectivity index (χ0v) is 8.32. The second-order valence-electron chi connectivity index (χ2n) is 3.20. The Morgan fingerprint density at radius 2 is 2.00 bits per heavy atom. The van der Waals surface area contributed by atoms with Crippen LogP contribution in [0.5, 0.6) is 0 Å². The van der Waals surface area contributed by atoms with E-state index in [1.165, 1.54) is 6.33 Å². The van der Waals surface area contributed by atoms with Crippen LogP contribution in [-0.2, 0) is 0 Å². The molecule has 4 nitrogen and oxygen atoms in total. The van der Waals surface area contributed by atoms with E-state index < -0.39 is 0 Å². The maximum atomic E-state index is 11.3. The highest BCUT2D eigenvalue weighted by Gasteiger charge is 2.02. The third-order valence-electron chi connectivity index (χ3n) is 2.12. The van der Waals surface area contributed by atoms with Gasteiger partial charge in [-0.15, -0.1) is 0 Å². The molecule has 15 heavy (non-hydrogen) atoms. The molecule has 0 aliphatic carbocycles. The van der Waals surface area contributed by atoms with Crippen LogP contribution in [0, 0.1) is 6.92 Å². The standard InChI is InChI=1S/C11H11N3O/c1-8-10(12-7-13-11(8)15)14-9-5-3-2-4-6-9/h2-7H,1H3,(H2,12,13,14,15). The predicted octanol–water partition coefficient (Wildman–Crippen LogP) is 1.82. The van der Waals surface area contributed by atoms with Gasteiger partial charge in [0.1, 0.15) is 5.82 Å². The van der Waals surface area contributed by atoms with Gasteiger partial charge in [-0.1, -0.05) is 18.2 Å². The number of nitrogens with zero attached hydrogens (tertiary/aromatic N) is 1. The van der Waals surface area contributed by atoms with E-state index >= 15 is 0 Å². The molecule has 0 radical (unpaired) electrons. The number of benzene rings is 1. The second-order valence-corrected chi connectivity index (χ2v) is 3.20. The third kappa shape index (κ3) is 2.04. The zero-order valence-electron chi connectivity index (χ0n) is 8.32. The van der Waals surface area contributed by atoms with Crippen molar-refractivity contribution >= 4 is 11.5 Å². The summed E-state index contributed by atoms with van der Waals surface area (Å²) in [7, 11) is 0. The summed E-state index contributed by atoms with van der Waals surface area (Å²) in [5.74, 6) is 0.588. The molecule has 0 aliphatic rings. The smallest absolute Gasteiger partial charge is 0.255 e. The molecule has 0 spiro atoms. The van der Waals surface area contributed by atoms with Gasteiger partial charge >= 0.3 is 0 Å². The minimum atomic E-state index is -0.122. The van der Waals surface area contributed by atoms with Crippen molar-refractivity contribution in [3.05, 3.63) is 52.6 Å². The molecule has 1 aromatic heterocycles. The van der Waals surface area contributed by atoms with Crippen molar-refractivity contribution in [3.63, 3.8) is 0 Å². The van der Waals surface area contributed by atoms with E-state index in [9.17, 15) is 4.79 Å². The molecule has 0 saturated heterocycles. The molecule has 0 fully saturated rings. The van der Waals surface area contributed by atoms with E-state index in [2.05, 4.69) is 15.3 Å². The van der Waals surface area contributed by atoms with Crippen LogP contribution in [0.3, 0.4) is 0 Å². The molecule has 0 unspecified atom stereocenters. The average molecular weight is 201 g/mol. The van der Waals surface area contributed by atoms with Crippen molar-refractivity contribution in [1.82, 2.24) is 9.97 Å². The third-order valence-corrected chi connectivity index (χ3v) is 2.12. The SMILES string of the molecule is Cc1c(Nc2ccccc2)nc[nH]c1=O. The van der Waals surface area contributed by atoms with Crippen LogP contribution in [0.2, 0.25) is 0 Å². The Morgan fingerprint density at radius 3 is 2.73 bits per heavy atom. The van der Waals surface area contributed by atoms with Crippen LogP contribution in [0.25, 0.3) is 0 Å². The van der Waals surface area contributed by atoms with Gasteiger partial charge in [-0.05, 0) is 19.1 Å². The van der Waals surface area contributed by atoms with Crippen LogP contribution in [0.1, 0.15) is 5.56 Å². The van der Waals surface area contributed by atoms with Gasteiger partial charge in [-0.3, -0.25) is 4.79 Å². The van der Waals surface area contributed by atoms with Crippen LogP contribution < -0.4 is 10.9 Å². The number of rotatable bonds is 2. The largest absolute Gasteiger partial charge is 0.340 e. The maximum absolute atomic E-state index is 11.3. The highest BCUT2D eigenvalue weighted by atomic mass is 16.1. The van der Waals surface area contributed by atoms with E-state index in [0.717, 1.165) is 5.69 Å². The Kier molecular flexibility index (Phi) is 2.49. The molecule has 4 heteroatoms. The number of hydrogen-bond acceptors (Lipinski definition) is 3. The first kappa shape index (κ1) is 9.45. The molecule has 1 aromatic carbocycles. The summed E-state index contributed by atoms with van der Waals surface area (Å²) in [4.78, 5) is 17.9. The number of para-hydroxylation sites is 1. The Balaban J connectivity index is 2.33. The highest BCUT2D eigenvalue weighted by molar-refractivity contribution is 5.57. The quantitative estimate of drug-likeness (QED) is 0.779. The van der Waals surface area contributed by atoms with Gasteiger partial charge in [0.15, 0.2) is 0 Å². The predicted molar refractivity (Wildman–Crippen MR) is 59.3 cm³/mol. The van der Waals surface area contributed by atoms with Crippen molar-refractivity contribution < 1.29 is 0 Å². The van der Waals surface area contributed by atoms with Crippen molar-refractivity contribution in [1.29, 1.82) is 0 Å². The molecule has 0 aliphatic heterocycles. The normalized spacial score (nSPS) is 9.93. The van der Waals surface area contributed by atoms with Gasteiger partial charge in [0, 0.05) is 5.69 Å². The van der Waals surface area contributed by atoms with E-state index in [1.54, 1.807) is 6.92 Å². The number of anilines is 2. The molecule has 2 rings (SSSR count). The lowest BCUT2D eigenvalue weighted by atomic mass is 10.3. The zero-order chi connectivity index (χ0) is 10.7. The topological polar surface area (TPSA) is 57.8 Å². The van der Waals surface area contributed by atoms with Crippen molar-refractivity contribution in [2.24, 2.45) is 0 Å².